The lowest BCUT2D eigenvalue weighted by atomic mass is 10.0. The Kier molecular flexibility index (Phi) is 4.07. The summed E-state index contributed by atoms with van der Waals surface area (Å²) >= 11 is 6.10. The molecular formula is C12H19ClN2O2. The Balaban J connectivity index is 2.22. The van der Waals surface area contributed by atoms with Crippen molar-refractivity contribution in [2.75, 3.05) is 6.61 Å². The number of rotatable bonds is 3. The molecule has 0 amide bonds. The van der Waals surface area contributed by atoms with E-state index in [0.29, 0.717) is 10.7 Å². The van der Waals surface area contributed by atoms with Gasteiger partial charge < -0.3 is 9.84 Å². The molecule has 17 heavy (non-hydrogen) atoms. The normalized spacial score (nSPS) is 23.0. The topological polar surface area (TPSA) is 47.3 Å². The van der Waals surface area contributed by atoms with Gasteiger partial charge in [-0.05, 0) is 33.1 Å². The number of hydrogen-bond acceptors (Lipinski definition) is 3. The Morgan fingerprint density at radius 1 is 1.53 bits per heavy atom. The van der Waals surface area contributed by atoms with Crippen LogP contribution in [-0.4, -0.2) is 27.6 Å². The summed E-state index contributed by atoms with van der Waals surface area (Å²) in [7, 11) is 0. The number of aromatic nitrogens is 2. The molecule has 4 nitrogen and oxygen atoms in total. The van der Waals surface area contributed by atoms with Crippen LogP contribution < -0.4 is 0 Å². The molecule has 0 aliphatic carbocycles. The molecule has 0 saturated carbocycles. The lowest BCUT2D eigenvalue weighted by molar-refractivity contribution is -0.0665. The third kappa shape index (κ3) is 2.64. The van der Waals surface area contributed by atoms with Crippen molar-refractivity contribution in [2.45, 2.75) is 51.4 Å². The molecule has 0 bridgehead atoms. The average molecular weight is 259 g/mol. The Bertz CT molecular complexity index is 373. The molecule has 0 radical (unpaired) electrons. The monoisotopic (exact) mass is 258 g/mol. The van der Waals surface area contributed by atoms with Crippen LogP contribution in [0.2, 0.25) is 5.02 Å². The fourth-order valence-electron chi connectivity index (χ4n) is 2.23. The molecule has 1 aromatic heterocycles. The SMILES string of the molecule is CC(C)n1ncc(Cl)c1C(O)C1CCCCO1. The van der Waals surface area contributed by atoms with E-state index in [1.54, 1.807) is 10.9 Å². The predicted octanol–water partition coefficient (Wildman–Crippen LogP) is 2.72. The average Bonchev–Trinajstić information content (AvgIpc) is 2.71. The Morgan fingerprint density at radius 3 is 2.88 bits per heavy atom. The second kappa shape index (κ2) is 5.38. The van der Waals surface area contributed by atoms with Crippen LogP contribution in [0.25, 0.3) is 0 Å². The van der Waals surface area contributed by atoms with Crippen LogP contribution >= 0.6 is 11.6 Å². The fraction of sp³-hybridized carbons (Fsp3) is 0.750. The standard InChI is InChI=1S/C12H19ClN2O2/c1-8(2)15-11(9(13)7-14-15)12(16)10-5-3-4-6-17-10/h7-8,10,12,16H,3-6H2,1-2H3. The highest BCUT2D eigenvalue weighted by Gasteiger charge is 2.29. The van der Waals surface area contributed by atoms with Crippen LogP contribution in [-0.2, 0) is 4.74 Å². The maximum atomic E-state index is 10.4. The highest BCUT2D eigenvalue weighted by molar-refractivity contribution is 6.31. The van der Waals surface area contributed by atoms with Crippen LogP contribution in [0.15, 0.2) is 6.20 Å². The van der Waals surface area contributed by atoms with Gasteiger partial charge in [0, 0.05) is 12.6 Å². The number of ether oxygens (including phenoxy) is 1. The van der Waals surface area contributed by atoms with Gasteiger partial charge in [-0.15, -0.1) is 0 Å². The van der Waals surface area contributed by atoms with Gasteiger partial charge in [-0.1, -0.05) is 11.6 Å². The second-order valence-electron chi connectivity index (χ2n) is 4.77. The summed E-state index contributed by atoms with van der Waals surface area (Å²) in [6, 6.07) is 0.177. The quantitative estimate of drug-likeness (QED) is 0.907. The summed E-state index contributed by atoms with van der Waals surface area (Å²) in [5, 5.41) is 15.1. The summed E-state index contributed by atoms with van der Waals surface area (Å²) in [6.45, 7) is 4.75. The predicted molar refractivity (Wildman–Crippen MR) is 66.2 cm³/mol. The zero-order chi connectivity index (χ0) is 12.4. The van der Waals surface area contributed by atoms with Gasteiger partial charge in [0.15, 0.2) is 0 Å². The van der Waals surface area contributed by atoms with Crippen LogP contribution in [0.5, 0.6) is 0 Å². The first-order valence-corrected chi connectivity index (χ1v) is 6.51. The van der Waals surface area contributed by atoms with Crippen LogP contribution in [0.1, 0.15) is 50.9 Å². The fourth-order valence-corrected chi connectivity index (χ4v) is 2.47. The smallest absolute Gasteiger partial charge is 0.123 e. The molecule has 2 heterocycles. The van der Waals surface area contributed by atoms with Crippen molar-refractivity contribution in [1.82, 2.24) is 9.78 Å². The Labute approximate surface area is 107 Å². The van der Waals surface area contributed by atoms with Gasteiger partial charge >= 0.3 is 0 Å². The van der Waals surface area contributed by atoms with E-state index in [1.807, 2.05) is 13.8 Å². The van der Waals surface area contributed by atoms with E-state index in [2.05, 4.69) is 5.10 Å². The van der Waals surface area contributed by atoms with Crippen molar-refractivity contribution in [3.05, 3.63) is 16.9 Å². The van der Waals surface area contributed by atoms with Crippen molar-refractivity contribution in [1.29, 1.82) is 0 Å². The highest BCUT2D eigenvalue weighted by Crippen LogP contribution is 2.32. The lowest BCUT2D eigenvalue weighted by Crippen LogP contribution is -2.28. The summed E-state index contributed by atoms with van der Waals surface area (Å²) < 4.78 is 7.37. The van der Waals surface area contributed by atoms with E-state index in [9.17, 15) is 5.11 Å². The summed E-state index contributed by atoms with van der Waals surface area (Å²) in [4.78, 5) is 0. The molecule has 1 N–H and O–H groups in total. The van der Waals surface area contributed by atoms with E-state index in [1.165, 1.54) is 0 Å². The molecule has 5 heteroatoms. The van der Waals surface area contributed by atoms with Gasteiger partial charge in [0.25, 0.3) is 0 Å². The molecule has 2 atom stereocenters. The first kappa shape index (κ1) is 12.9. The number of nitrogens with zero attached hydrogens (tertiary/aromatic N) is 2. The molecule has 2 rings (SSSR count). The van der Waals surface area contributed by atoms with E-state index in [4.69, 9.17) is 16.3 Å². The van der Waals surface area contributed by atoms with Gasteiger partial charge in [0.1, 0.15) is 6.10 Å². The third-order valence-corrected chi connectivity index (χ3v) is 3.41. The minimum atomic E-state index is -0.687. The summed E-state index contributed by atoms with van der Waals surface area (Å²) in [5.74, 6) is 0. The van der Waals surface area contributed by atoms with Crippen LogP contribution in [0.3, 0.4) is 0 Å². The van der Waals surface area contributed by atoms with E-state index in [-0.39, 0.29) is 12.1 Å². The maximum Gasteiger partial charge on any atom is 0.123 e. The molecule has 0 spiro atoms. The molecule has 1 aromatic rings. The first-order chi connectivity index (χ1) is 8.11. The van der Waals surface area contributed by atoms with Gasteiger partial charge in [0.2, 0.25) is 0 Å². The number of hydrogen-bond donors (Lipinski definition) is 1. The molecule has 2 unspecified atom stereocenters. The molecule has 1 fully saturated rings. The number of aliphatic hydroxyl groups is 1. The Hall–Kier alpha value is -0.580. The van der Waals surface area contributed by atoms with Gasteiger partial charge in [-0.2, -0.15) is 5.10 Å². The Morgan fingerprint density at radius 2 is 2.29 bits per heavy atom. The zero-order valence-electron chi connectivity index (χ0n) is 10.3. The van der Waals surface area contributed by atoms with Crippen molar-refractivity contribution in [2.24, 2.45) is 0 Å². The number of halogens is 1. The van der Waals surface area contributed by atoms with Crippen molar-refractivity contribution in [3.8, 4) is 0 Å². The van der Waals surface area contributed by atoms with Crippen LogP contribution in [0, 0.1) is 0 Å². The lowest BCUT2D eigenvalue weighted by Gasteiger charge is -2.28. The third-order valence-electron chi connectivity index (χ3n) is 3.12. The van der Waals surface area contributed by atoms with Gasteiger partial charge in [0.05, 0.1) is 23.0 Å². The molecule has 96 valence electrons. The van der Waals surface area contributed by atoms with Crippen molar-refractivity contribution in [3.63, 3.8) is 0 Å². The molecule has 1 aliphatic heterocycles. The van der Waals surface area contributed by atoms with Gasteiger partial charge in [-0.25, -0.2) is 0 Å². The van der Waals surface area contributed by atoms with Gasteiger partial charge in [-0.3, -0.25) is 4.68 Å². The minimum Gasteiger partial charge on any atom is -0.384 e. The second-order valence-corrected chi connectivity index (χ2v) is 5.17. The number of aliphatic hydroxyl groups excluding tert-OH is 1. The van der Waals surface area contributed by atoms with Crippen LogP contribution in [0.4, 0.5) is 0 Å². The molecular weight excluding hydrogens is 240 g/mol. The zero-order valence-corrected chi connectivity index (χ0v) is 11.0. The largest absolute Gasteiger partial charge is 0.384 e. The first-order valence-electron chi connectivity index (χ1n) is 6.14. The summed E-state index contributed by atoms with van der Waals surface area (Å²) in [6.07, 6.45) is 3.78. The van der Waals surface area contributed by atoms with Crippen molar-refractivity contribution < 1.29 is 9.84 Å². The molecule has 0 aromatic carbocycles. The van der Waals surface area contributed by atoms with E-state index < -0.39 is 6.10 Å². The molecule has 1 aliphatic rings. The van der Waals surface area contributed by atoms with E-state index >= 15 is 0 Å². The molecule has 1 saturated heterocycles. The summed E-state index contributed by atoms with van der Waals surface area (Å²) in [5.41, 5.74) is 0.675. The highest BCUT2D eigenvalue weighted by atomic mass is 35.5. The maximum absolute atomic E-state index is 10.4. The van der Waals surface area contributed by atoms with E-state index in [0.717, 1.165) is 25.9 Å². The minimum absolute atomic E-state index is 0.157. The van der Waals surface area contributed by atoms with Crippen molar-refractivity contribution >= 4 is 11.6 Å².